The lowest BCUT2D eigenvalue weighted by Gasteiger charge is -2.17. The van der Waals surface area contributed by atoms with Crippen molar-refractivity contribution in [2.75, 3.05) is 11.9 Å². The molecule has 0 saturated heterocycles. The fraction of sp³-hybridized carbons (Fsp3) is 0.333. The van der Waals surface area contributed by atoms with Crippen LogP contribution in [0.25, 0.3) is 0 Å². The van der Waals surface area contributed by atoms with Gasteiger partial charge in [0.2, 0.25) is 0 Å². The second kappa shape index (κ2) is 9.61. The van der Waals surface area contributed by atoms with Gasteiger partial charge in [-0.05, 0) is 38.0 Å². The van der Waals surface area contributed by atoms with Gasteiger partial charge in [-0.2, -0.15) is 0 Å². The van der Waals surface area contributed by atoms with Crippen LogP contribution in [0.2, 0.25) is 0 Å². The maximum atomic E-state index is 12.6. The van der Waals surface area contributed by atoms with Crippen LogP contribution in [0.5, 0.6) is 0 Å². The molecule has 5 heteroatoms. The number of carbonyl (C=O) groups excluding carboxylic acids is 2. The molecule has 3 amide bonds. The average Bonchev–Trinajstić information content (AvgIpc) is 2.62. The third-order valence-electron chi connectivity index (χ3n) is 4.11. The van der Waals surface area contributed by atoms with Crippen molar-refractivity contribution in [3.8, 4) is 0 Å². The Kier molecular flexibility index (Phi) is 7.21. The molecule has 0 spiro atoms. The fourth-order valence-corrected chi connectivity index (χ4v) is 2.74. The Hall–Kier alpha value is -2.82. The van der Waals surface area contributed by atoms with Gasteiger partial charge in [0.1, 0.15) is 0 Å². The maximum Gasteiger partial charge on any atom is 0.319 e. The van der Waals surface area contributed by atoms with Crippen molar-refractivity contribution < 1.29 is 9.59 Å². The lowest BCUT2D eigenvalue weighted by molar-refractivity contribution is 0.0952. The van der Waals surface area contributed by atoms with E-state index in [0.29, 0.717) is 17.8 Å². The van der Waals surface area contributed by atoms with Gasteiger partial charge in [0.05, 0.1) is 11.3 Å². The van der Waals surface area contributed by atoms with E-state index < -0.39 is 0 Å². The molecule has 0 unspecified atom stereocenters. The molecule has 3 N–H and O–H groups in total. The van der Waals surface area contributed by atoms with Crippen molar-refractivity contribution >= 4 is 17.6 Å². The summed E-state index contributed by atoms with van der Waals surface area (Å²) in [7, 11) is 0. The highest BCUT2D eigenvalue weighted by atomic mass is 16.2. The summed E-state index contributed by atoms with van der Waals surface area (Å²) < 4.78 is 0. The first-order chi connectivity index (χ1) is 12.5. The summed E-state index contributed by atoms with van der Waals surface area (Å²) in [6.45, 7) is 6.42. The van der Waals surface area contributed by atoms with E-state index in [1.807, 2.05) is 32.0 Å². The zero-order chi connectivity index (χ0) is 18.9. The van der Waals surface area contributed by atoms with Gasteiger partial charge < -0.3 is 16.0 Å². The molecule has 0 aliphatic carbocycles. The van der Waals surface area contributed by atoms with Crippen LogP contribution in [0.1, 0.15) is 49.0 Å². The van der Waals surface area contributed by atoms with E-state index in [9.17, 15) is 9.59 Å². The Morgan fingerprint density at radius 3 is 2.27 bits per heavy atom. The summed E-state index contributed by atoms with van der Waals surface area (Å²) in [6.07, 6.45) is 0.932. The highest BCUT2D eigenvalue weighted by molar-refractivity contribution is 6.03. The Bertz CT molecular complexity index is 729. The summed E-state index contributed by atoms with van der Waals surface area (Å²) in [5, 5.41) is 8.49. The maximum absolute atomic E-state index is 12.6. The Labute approximate surface area is 155 Å². The predicted octanol–water partition coefficient (Wildman–Crippen LogP) is 4.14. The molecular formula is C21H27N3O2. The van der Waals surface area contributed by atoms with Crippen LogP contribution in [0, 0.1) is 0 Å². The van der Waals surface area contributed by atoms with E-state index in [1.54, 1.807) is 24.3 Å². The number of carbonyl (C=O) groups is 2. The van der Waals surface area contributed by atoms with E-state index in [1.165, 1.54) is 5.56 Å². The highest BCUT2D eigenvalue weighted by Crippen LogP contribution is 2.19. The summed E-state index contributed by atoms with van der Waals surface area (Å²) in [5.74, 6) is 0.0596. The molecule has 2 rings (SSSR count). The van der Waals surface area contributed by atoms with Gasteiger partial charge >= 0.3 is 6.03 Å². The first kappa shape index (κ1) is 19.5. The minimum atomic E-state index is -0.323. The van der Waals surface area contributed by atoms with Gasteiger partial charge in [-0.1, -0.05) is 49.4 Å². The Balaban J connectivity index is 2.04. The third kappa shape index (κ3) is 5.62. The van der Waals surface area contributed by atoms with Crippen LogP contribution in [-0.2, 0) is 0 Å². The lowest BCUT2D eigenvalue weighted by atomic mass is 9.96. The number of hydrogen-bond acceptors (Lipinski definition) is 2. The zero-order valence-corrected chi connectivity index (χ0v) is 15.6. The molecule has 2 aromatic carbocycles. The van der Waals surface area contributed by atoms with E-state index in [-0.39, 0.29) is 23.9 Å². The second-order valence-corrected chi connectivity index (χ2v) is 6.52. The van der Waals surface area contributed by atoms with Crippen molar-refractivity contribution in [3.05, 3.63) is 65.7 Å². The van der Waals surface area contributed by atoms with Gasteiger partial charge in [-0.15, -0.1) is 0 Å². The topological polar surface area (TPSA) is 70.2 Å². The number of hydrogen-bond donors (Lipinski definition) is 3. The van der Waals surface area contributed by atoms with Crippen molar-refractivity contribution in [2.45, 2.75) is 39.2 Å². The average molecular weight is 353 g/mol. The van der Waals surface area contributed by atoms with Crippen LogP contribution >= 0.6 is 0 Å². The van der Waals surface area contributed by atoms with Crippen molar-refractivity contribution in [2.24, 2.45) is 0 Å². The first-order valence-electron chi connectivity index (χ1n) is 9.01. The molecule has 5 nitrogen and oxygen atoms in total. The molecule has 0 radical (unpaired) electrons. The van der Waals surface area contributed by atoms with Crippen molar-refractivity contribution in [1.82, 2.24) is 10.6 Å². The highest BCUT2D eigenvalue weighted by Gasteiger charge is 2.15. The molecule has 26 heavy (non-hydrogen) atoms. The smallest absolute Gasteiger partial charge is 0.319 e. The molecule has 0 aliphatic rings. The molecule has 2 aromatic rings. The van der Waals surface area contributed by atoms with Gasteiger partial charge in [-0.3, -0.25) is 4.79 Å². The summed E-state index contributed by atoms with van der Waals surface area (Å²) in [5.41, 5.74) is 2.16. The number of para-hydroxylation sites is 1. The number of urea groups is 1. The van der Waals surface area contributed by atoms with Crippen molar-refractivity contribution in [1.29, 1.82) is 0 Å². The number of benzene rings is 2. The van der Waals surface area contributed by atoms with Crippen LogP contribution in [0.4, 0.5) is 10.5 Å². The van der Waals surface area contributed by atoms with Gasteiger partial charge in [0.15, 0.2) is 0 Å². The van der Waals surface area contributed by atoms with Gasteiger partial charge in [0, 0.05) is 18.5 Å². The predicted molar refractivity (Wildman–Crippen MR) is 106 cm³/mol. The van der Waals surface area contributed by atoms with Crippen LogP contribution in [0.15, 0.2) is 54.6 Å². The molecule has 0 bridgehead atoms. The molecule has 0 aromatic heterocycles. The van der Waals surface area contributed by atoms with E-state index in [0.717, 1.165) is 6.42 Å². The number of amides is 3. The van der Waals surface area contributed by atoms with E-state index in [4.69, 9.17) is 0 Å². The standard InChI is InChI=1S/C21H27N3O2/c1-4-16(17-10-6-5-7-11-17)14-22-20(25)18-12-8-9-13-19(18)24-21(26)23-15(2)3/h5-13,15-16H,4,14H2,1-3H3,(H,22,25)(H2,23,24,26)/t16-/m0/s1. The minimum absolute atomic E-state index is 0.0205. The van der Waals surface area contributed by atoms with Gasteiger partial charge in [-0.25, -0.2) is 4.79 Å². The van der Waals surface area contributed by atoms with E-state index in [2.05, 4.69) is 35.0 Å². The molecule has 0 aliphatic heterocycles. The second-order valence-electron chi connectivity index (χ2n) is 6.52. The monoisotopic (exact) mass is 353 g/mol. The SMILES string of the molecule is CC[C@@H](CNC(=O)c1ccccc1NC(=O)NC(C)C)c1ccccc1. The molecule has 138 valence electrons. The molecule has 0 fully saturated rings. The summed E-state index contributed by atoms with van der Waals surface area (Å²) in [6, 6.07) is 16.9. The molecule has 1 atom stereocenters. The van der Waals surface area contributed by atoms with Crippen molar-refractivity contribution in [3.63, 3.8) is 0 Å². The lowest BCUT2D eigenvalue weighted by Crippen LogP contribution is -2.35. The summed E-state index contributed by atoms with van der Waals surface area (Å²) >= 11 is 0. The zero-order valence-electron chi connectivity index (χ0n) is 15.6. The minimum Gasteiger partial charge on any atom is -0.351 e. The van der Waals surface area contributed by atoms with Crippen LogP contribution in [0.3, 0.4) is 0 Å². The Morgan fingerprint density at radius 1 is 0.962 bits per heavy atom. The number of rotatable bonds is 7. The third-order valence-corrected chi connectivity index (χ3v) is 4.11. The Morgan fingerprint density at radius 2 is 1.62 bits per heavy atom. The first-order valence-corrected chi connectivity index (χ1v) is 9.01. The molecule has 0 heterocycles. The number of anilines is 1. The number of nitrogens with one attached hydrogen (secondary N) is 3. The van der Waals surface area contributed by atoms with E-state index >= 15 is 0 Å². The van der Waals surface area contributed by atoms with Crippen LogP contribution in [-0.4, -0.2) is 24.5 Å². The van der Waals surface area contributed by atoms with Crippen LogP contribution < -0.4 is 16.0 Å². The van der Waals surface area contributed by atoms with Gasteiger partial charge in [0.25, 0.3) is 5.91 Å². The molecular weight excluding hydrogens is 326 g/mol. The molecule has 0 saturated carbocycles. The summed E-state index contributed by atoms with van der Waals surface area (Å²) in [4.78, 5) is 24.6. The fourth-order valence-electron chi connectivity index (χ4n) is 2.74. The quantitative estimate of drug-likeness (QED) is 0.700. The normalized spacial score (nSPS) is 11.7. The largest absolute Gasteiger partial charge is 0.351 e.